The molecule has 0 unspecified atom stereocenters. The number of carboxylic acids is 1. The van der Waals surface area contributed by atoms with Gasteiger partial charge < -0.3 is 14.9 Å². The Hall–Kier alpha value is -2.15. The summed E-state index contributed by atoms with van der Waals surface area (Å²) in [4.78, 5) is 18.8. The maximum absolute atomic E-state index is 10.9. The van der Waals surface area contributed by atoms with E-state index in [1.54, 1.807) is 13.0 Å². The maximum atomic E-state index is 10.9. The van der Waals surface area contributed by atoms with Gasteiger partial charge in [-0.3, -0.25) is 0 Å². The molecule has 0 radical (unpaired) electrons. The largest absolute Gasteiger partial charge is 0.476 e. The molecule has 0 aliphatic rings. The minimum atomic E-state index is -1.16. The van der Waals surface area contributed by atoms with Crippen LogP contribution in [0.5, 0.6) is 0 Å². The molecule has 2 aromatic rings. The first-order valence-corrected chi connectivity index (χ1v) is 5.87. The quantitative estimate of drug-likeness (QED) is 0.862. The number of hydrogen-bond acceptors (Lipinski definition) is 6. The van der Waals surface area contributed by atoms with Crippen LogP contribution in [0.2, 0.25) is 5.02 Å². The molecule has 0 aliphatic heterocycles. The second kappa shape index (κ2) is 5.66. The average molecular weight is 283 g/mol. The van der Waals surface area contributed by atoms with E-state index in [2.05, 4.69) is 20.4 Å². The SMILES string of the molecule is Cc1nc(CCNc2ccc(Cl)c(C(=O)O)n2)no1. The number of rotatable bonds is 5. The lowest BCUT2D eigenvalue weighted by Gasteiger charge is -2.05. The van der Waals surface area contributed by atoms with Gasteiger partial charge in [0.05, 0.1) is 5.02 Å². The molecule has 0 saturated carbocycles. The predicted octanol–water partition coefficient (Wildman–Crippen LogP) is 1.78. The number of nitrogens with one attached hydrogen (secondary N) is 1. The summed E-state index contributed by atoms with van der Waals surface area (Å²) in [6.07, 6.45) is 0.546. The monoisotopic (exact) mass is 282 g/mol. The molecule has 100 valence electrons. The van der Waals surface area contributed by atoms with Crippen molar-refractivity contribution in [3.05, 3.63) is 34.6 Å². The number of aromatic carboxylic acids is 1. The van der Waals surface area contributed by atoms with Crippen molar-refractivity contribution in [3.63, 3.8) is 0 Å². The predicted molar refractivity (Wildman–Crippen MR) is 67.4 cm³/mol. The molecule has 19 heavy (non-hydrogen) atoms. The highest BCUT2D eigenvalue weighted by Crippen LogP contribution is 2.16. The molecule has 7 nitrogen and oxygen atoms in total. The van der Waals surface area contributed by atoms with Gasteiger partial charge in [0, 0.05) is 19.9 Å². The van der Waals surface area contributed by atoms with Crippen LogP contribution >= 0.6 is 11.6 Å². The van der Waals surface area contributed by atoms with Crippen LogP contribution in [-0.2, 0) is 6.42 Å². The third-order valence-corrected chi connectivity index (χ3v) is 2.58. The molecular formula is C11H11ClN4O3. The van der Waals surface area contributed by atoms with Gasteiger partial charge in [-0.25, -0.2) is 9.78 Å². The van der Waals surface area contributed by atoms with E-state index < -0.39 is 5.97 Å². The van der Waals surface area contributed by atoms with Crippen molar-refractivity contribution >= 4 is 23.4 Å². The molecule has 0 atom stereocenters. The Labute approximate surface area is 113 Å². The van der Waals surface area contributed by atoms with Gasteiger partial charge in [-0.05, 0) is 12.1 Å². The van der Waals surface area contributed by atoms with Gasteiger partial charge in [0.15, 0.2) is 11.5 Å². The third-order valence-electron chi connectivity index (χ3n) is 2.27. The summed E-state index contributed by atoms with van der Waals surface area (Å²) in [7, 11) is 0. The number of carboxylic acid groups (broad SMARTS) is 1. The summed E-state index contributed by atoms with van der Waals surface area (Å²) in [6.45, 7) is 2.22. The zero-order valence-electron chi connectivity index (χ0n) is 10.1. The highest BCUT2D eigenvalue weighted by molar-refractivity contribution is 6.33. The Balaban J connectivity index is 1.96. The smallest absolute Gasteiger partial charge is 0.356 e. The molecule has 2 heterocycles. The van der Waals surface area contributed by atoms with Crippen LogP contribution in [0.4, 0.5) is 5.82 Å². The molecule has 0 aliphatic carbocycles. The number of anilines is 1. The summed E-state index contributed by atoms with van der Waals surface area (Å²) >= 11 is 5.72. The van der Waals surface area contributed by atoms with Crippen LogP contribution in [0.1, 0.15) is 22.2 Å². The minimum absolute atomic E-state index is 0.104. The Morgan fingerprint density at radius 3 is 2.89 bits per heavy atom. The summed E-state index contributed by atoms with van der Waals surface area (Å²) in [5, 5.41) is 15.7. The summed E-state index contributed by atoms with van der Waals surface area (Å²) in [5.41, 5.74) is -0.179. The molecule has 2 N–H and O–H groups in total. The van der Waals surface area contributed by atoms with Crippen molar-refractivity contribution in [2.75, 3.05) is 11.9 Å². The number of aryl methyl sites for hydroxylation is 1. The zero-order chi connectivity index (χ0) is 13.8. The van der Waals surface area contributed by atoms with E-state index in [4.69, 9.17) is 21.2 Å². The Bertz CT molecular complexity index is 599. The van der Waals surface area contributed by atoms with Crippen molar-refractivity contribution < 1.29 is 14.4 Å². The third kappa shape index (κ3) is 3.41. The van der Waals surface area contributed by atoms with Gasteiger partial charge in [-0.15, -0.1) is 0 Å². The number of nitrogens with zero attached hydrogens (tertiary/aromatic N) is 3. The topological polar surface area (TPSA) is 101 Å². The molecule has 0 aromatic carbocycles. The van der Waals surface area contributed by atoms with E-state index in [0.717, 1.165) is 0 Å². The van der Waals surface area contributed by atoms with Crippen LogP contribution in [0.25, 0.3) is 0 Å². The Morgan fingerprint density at radius 1 is 1.47 bits per heavy atom. The van der Waals surface area contributed by atoms with Crippen molar-refractivity contribution in [3.8, 4) is 0 Å². The van der Waals surface area contributed by atoms with E-state index in [1.165, 1.54) is 6.07 Å². The van der Waals surface area contributed by atoms with Crippen LogP contribution in [0.3, 0.4) is 0 Å². The fourth-order valence-electron chi connectivity index (χ4n) is 1.44. The molecule has 0 saturated heterocycles. The maximum Gasteiger partial charge on any atom is 0.356 e. The van der Waals surface area contributed by atoms with Crippen LogP contribution < -0.4 is 5.32 Å². The van der Waals surface area contributed by atoms with Gasteiger partial charge in [0.25, 0.3) is 0 Å². The van der Waals surface area contributed by atoms with E-state index in [1.807, 2.05) is 0 Å². The zero-order valence-corrected chi connectivity index (χ0v) is 10.8. The summed E-state index contributed by atoms with van der Waals surface area (Å²) in [5.74, 6) is 0.356. The molecule has 0 bridgehead atoms. The molecule has 0 fully saturated rings. The molecule has 2 aromatic heterocycles. The van der Waals surface area contributed by atoms with Gasteiger partial charge in [0.1, 0.15) is 5.82 Å². The fourth-order valence-corrected chi connectivity index (χ4v) is 1.62. The highest BCUT2D eigenvalue weighted by atomic mass is 35.5. The summed E-state index contributed by atoms with van der Waals surface area (Å²) < 4.78 is 4.83. The van der Waals surface area contributed by atoms with E-state index in [9.17, 15) is 4.79 Å². The normalized spacial score (nSPS) is 10.4. The van der Waals surface area contributed by atoms with Crippen LogP contribution in [0.15, 0.2) is 16.7 Å². The highest BCUT2D eigenvalue weighted by Gasteiger charge is 2.11. The van der Waals surface area contributed by atoms with Gasteiger partial charge in [-0.1, -0.05) is 16.8 Å². The van der Waals surface area contributed by atoms with Crippen LogP contribution in [0, 0.1) is 6.92 Å². The van der Waals surface area contributed by atoms with Gasteiger partial charge >= 0.3 is 5.97 Å². The average Bonchev–Trinajstić information content (AvgIpc) is 2.77. The van der Waals surface area contributed by atoms with Crippen molar-refractivity contribution in [2.24, 2.45) is 0 Å². The summed E-state index contributed by atoms with van der Waals surface area (Å²) in [6, 6.07) is 3.09. The van der Waals surface area contributed by atoms with Crippen molar-refractivity contribution in [1.82, 2.24) is 15.1 Å². The van der Waals surface area contributed by atoms with E-state index in [0.29, 0.717) is 30.5 Å². The number of pyridine rings is 1. The lowest BCUT2D eigenvalue weighted by molar-refractivity contribution is 0.0691. The first-order valence-electron chi connectivity index (χ1n) is 5.49. The molecule has 8 heteroatoms. The lowest BCUT2D eigenvalue weighted by Crippen LogP contribution is -2.10. The van der Waals surface area contributed by atoms with Crippen molar-refractivity contribution in [2.45, 2.75) is 13.3 Å². The second-order valence-electron chi connectivity index (χ2n) is 3.74. The Morgan fingerprint density at radius 2 is 2.26 bits per heavy atom. The van der Waals surface area contributed by atoms with Gasteiger partial charge in [-0.2, -0.15) is 4.98 Å². The minimum Gasteiger partial charge on any atom is -0.476 e. The molecule has 0 amide bonds. The molecule has 2 rings (SSSR count). The van der Waals surface area contributed by atoms with Crippen LogP contribution in [-0.4, -0.2) is 32.7 Å². The first kappa shape index (κ1) is 13.3. The number of hydrogen-bond donors (Lipinski definition) is 2. The standard InChI is InChI=1S/C11H11ClN4O3/c1-6-14-9(16-19-6)4-5-13-8-3-2-7(12)10(15-8)11(17)18/h2-3H,4-5H2,1H3,(H,13,15)(H,17,18). The number of halogens is 1. The Kier molecular flexibility index (Phi) is 3.96. The second-order valence-corrected chi connectivity index (χ2v) is 4.15. The lowest BCUT2D eigenvalue weighted by atomic mass is 10.3. The fraction of sp³-hybridized carbons (Fsp3) is 0.273. The van der Waals surface area contributed by atoms with Crippen molar-refractivity contribution in [1.29, 1.82) is 0 Å². The van der Waals surface area contributed by atoms with Gasteiger partial charge in [0.2, 0.25) is 5.89 Å². The molecule has 0 spiro atoms. The van der Waals surface area contributed by atoms with E-state index in [-0.39, 0.29) is 10.7 Å². The first-order chi connectivity index (χ1) is 9.06. The number of aromatic nitrogens is 3. The van der Waals surface area contributed by atoms with E-state index >= 15 is 0 Å². The number of carbonyl (C=O) groups is 1. The molecular weight excluding hydrogens is 272 g/mol.